The Kier molecular flexibility index (Phi) is 4.61. The van der Waals surface area contributed by atoms with Crippen LogP contribution in [0.2, 0.25) is 0 Å². The van der Waals surface area contributed by atoms with Crippen molar-refractivity contribution in [2.24, 2.45) is 4.99 Å². The first-order chi connectivity index (χ1) is 13.3. The molecule has 28 heavy (non-hydrogen) atoms. The number of carbonyl (C=O) groups is 1. The molecule has 2 aromatic carbocycles. The molecule has 0 bridgehead atoms. The van der Waals surface area contributed by atoms with Crippen LogP contribution in [0.5, 0.6) is 11.5 Å². The number of para-hydroxylation sites is 1. The molecule has 2 aromatic rings. The predicted molar refractivity (Wildman–Crippen MR) is 110 cm³/mol. The summed E-state index contributed by atoms with van der Waals surface area (Å²) in [5.41, 5.74) is 5.47. The molecule has 0 aliphatic carbocycles. The summed E-state index contributed by atoms with van der Waals surface area (Å²) in [4.78, 5) is 17.1. The molecule has 2 aliphatic heterocycles. The maximum Gasteiger partial charge on any atom is 0.263 e. The number of nitrogens with one attached hydrogen (secondary N) is 1. The molecule has 0 aromatic heterocycles. The van der Waals surface area contributed by atoms with E-state index in [0.717, 1.165) is 41.8 Å². The zero-order valence-corrected chi connectivity index (χ0v) is 16.9. The van der Waals surface area contributed by atoms with Gasteiger partial charge in [0.2, 0.25) is 0 Å². The molecule has 0 fully saturated rings. The lowest BCUT2D eigenvalue weighted by Crippen LogP contribution is -2.35. The Morgan fingerprint density at radius 3 is 2.86 bits per heavy atom. The van der Waals surface area contributed by atoms with Crippen LogP contribution in [-0.2, 0) is 17.6 Å². The summed E-state index contributed by atoms with van der Waals surface area (Å²) in [6.45, 7) is 8.18. The van der Waals surface area contributed by atoms with Crippen LogP contribution in [0.15, 0.2) is 35.3 Å². The lowest BCUT2D eigenvalue weighted by Gasteiger charge is -2.19. The van der Waals surface area contributed by atoms with Gasteiger partial charge in [-0.1, -0.05) is 29.8 Å². The zero-order valence-electron chi connectivity index (χ0n) is 16.9. The van der Waals surface area contributed by atoms with Crippen molar-refractivity contribution in [3.63, 3.8) is 0 Å². The van der Waals surface area contributed by atoms with Crippen LogP contribution in [0.4, 0.5) is 5.69 Å². The molecule has 0 atom stereocenters. The van der Waals surface area contributed by atoms with Gasteiger partial charge in [-0.3, -0.25) is 4.79 Å². The van der Waals surface area contributed by atoms with Gasteiger partial charge in [0.05, 0.1) is 5.69 Å². The number of hydrogen-bond donors (Lipinski definition) is 1. The van der Waals surface area contributed by atoms with Crippen LogP contribution in [0.25, 0.3) is 0 Å². The smallest absolute Gasteiger partial charge is 0.263 e. The average Bonchev–Trinajstić information content (AvgIpc) is 2.94. The minimum atomic E-state index is -0.246. The van der Waals surface area contributed by atoms with E-state index in [-0.39, 0.29) is 18.1 Å². The Labute approximate surface area is 165 Å². The Bertz CT molecular complexity index is 976. The minimum absolute atomic E-state index is 0.0704. The van der Waals surface area contributed by atoms with Crippen molar-refractivity contribution >= 4 is 17.4 Å². The first-order valence-electron chi connectivity index (χ1n) is 9.72. The highest BCUT2D eigenvalue weighted by Gasteiger charge is 2.32. The molecule has 1 N–H and O–H groups in total. The SMILES string of the molecule is Cc1cc(C)c2c(c1)CCC(NC(=O)COc1cccc3c1OC(C)(C)C3)=N2. The van der Waals surface area contributed by atoms with Gasteiger partial charge in [0.1, 0.15) is 11.4 Å². The summed E-state index contributed by atoms with van der Waals surface area (Å²) in [7, 11) is 0. The Morgan fingerprint density at radius 2 is 2.04 bits per heavy atom. The van der Waals surface area contributed by atoms with Gasteiger partial charge in [-0.25, -0.2) is 4.99 Å². The van der Waals surface area contributed by atoms with Crippen molar-refractivity contribution in [2.45, 2.75) is 52.6 Å². The van der Waals surface area contributed by atoms with E-state index in [1.807, 2.05) is 32.0 Å². The number of hydrogen-bond acceptors (Lipinski definition) is 4. The second kappa shape index (κ2) is 6.97. The maximum absolute atomic E-state index is 12.4. The highest BCUT2D eigenvalue weighted by atomic mass is 16.5. The predicted octanol–water partition coefficient (Wildman–Crippen LogP) is 4.19. The molecular weight excluding hydrogens is 352 g/mol. The fraction of sp³-hybridized carbons (Fsp3) is 0.391. The largest absolute Gasteiger partial charge is 0.483 e. The Hall–Kier alpha value is -2.82. The van der Waals surface area contributed by atoms with Crippen LogP contribution in [0.1, 0.15) is 42.5 Å². The summed E-state index contributed by atoms with van der Waals surface area (Å²) in [5, 5.41) is 2.90. The highest BCUT2D eigenvalue weighted by molar-refractivity contribution is 6.01. The number of aryl methyl sites for hydroxylation is 3. The number of ether oxygens (including phenoxy) is 2. The second-order valence-electron chi connectivity index (χ2n) is 8.27. The molecule has 5 heteroatoms. The third kappa shape index (κ3) is 3.75. The fourth-order valence-electron chi connectivity index (χ4n) is 3.97. The van der Waals surface area contributed by atoms with Gasteiger partial charge in [0, 0.05) is 18.4 Å². The van der Waals surface area contributed by atoms with Gasteiger partial charge < -0.3 is 14.8 Å². The van der Waals surface area contributed by atoms with Gasteiger partial charge >= 0.3 is 0 Å². The fourth-order valence-corrected chi connectivity index (χ4v) is 3.97. The summed E-state index contributed by atoms with van der Waals surface area (Å²) in [5.74, 6) is 1.85. The second-order valence-corrected chi connectivity index (χ2v) is 8.27. The first-order valence-corrected chi connectivity index (χ1v) is 9.72. The topological polar surface area (TPSA) is 59.9 Å². The number of aliphatic imine (C=N–C) groups is 1. The molecule has 4 rings (SSSR count). The first kappa shape index (κ1) is 18.5. The Morgan fingerprint density at radius 1 is 1.21 bits per heavy atom. The minimum Gasteiger partial charge on any atom is -0.483 e. The molecule has 2 aliphatic rings. The van der Waals surface area contributed by atoms with E-state index >= 15 is 0 Å². The van der Waals surface area contributed by atoms with Crippen LogP contribution < -0.4 is 14.8 Å². The lowest BCUT2D eigenvalue weighted by molar-refractivity contribution is -0.121. The van der Waals surface area contributed by atoms with E-state index in [2.05, 4.69) is 36.3 Å². The number of nitrogens with zero attached hydrogens (tertiary/aromatic N) is 1. The number of carbonyl (C=O) groups excluding carboxylic acids is 1. The third-order valence-electron chi connectivity index (χ3n) is 5.10. The van der Waals surface area contributed by atoms with Crippen molar-refractivity contribution in [1.82, 2.24) is 5.32 Å². The molecule has 0 saturated heterocycles. The molecule has 0 spiro atoms. The van der Waals surface area contributed by atoms with Crippen molar-refractivity contribution in [3.05, 3.63) is 52.6 Å². The summed E-state index contributed by atoms with van der Waals surface area (Å²) < 4.78 is 11.8. The van der Waals surface area contributed by atoms with Gasteiger partial charge in [0.15, 0.2) is 18.1 Å². The molecule has 5 nitrogen and oxygen atoms in total. The highest BCUT2D eigenvalue weighted by Crippen LogP contribution is 2.41. The van der Waals surface area contributed by atoms with E-state index in [1.54, 1.807) is 0 Å². The lowest BCUT2D eigenvalue weighted by atomic mass is 9.98. The maximum atomic E-state index is 12.4. The standard InChI is InChI=1S/C23H26N2O3/c1-14-10-15(2)21-16(11-14)8-9-19(25-21)24-20(26)13-27-18-7-5-6-17-12-23(3,4)28-22(17)18/h5-7,10-11H,8-9,12-13H2,1-4H3,(H,24,25,26). The summed E-state index contributed by atoms with van der Waals surface area (Å²) in [6.07, 6.45) is 2.44. The van der Waals surface area contributed by atoms with E-state index in [1.165, 1.54) is 11.1 Å². The molecule has 1 amide bonds. The van der Waals surface area contributed by atoms with E-state index in [9.17, 15) is 4.79 Å². The third-order valence-corrected chi connectivity index (χ3v) is 5.10. The summed E-state index contributed by atoms with van der Waals surface area (Å²) >= 11 is 0. The molecule has 146 valence electrons. The van der Waals surface area contributed by atoms with Crippen LogP contribution in [0.3, 0.4) is 0 Å². The number of amides is 1. The van der Waals surface area contributed by atoms with Crippen molar-refractivity contribution < 1.29 is 14.3 Å². The number of fused-ring (bicyclic) bond motifs is 2. The molecule has 0 radical (unpaired) electrons. The van der Waals surface area contributed by atoms with Crippen molar-refractivity contribution in [3.8, 4) is 11.5 Å². The van der Waals surface area contributed by atoms with Gasteiger partial charge in [-0.15, -0.1) is 0 Å². The Balaban J connectivity index is 1.41. The number of amidine groups is 1. The van der Waals surface area contributed by atoms with Crippen LogP contribution in [-0.4, -0.2) is 24.0 Å². The van der Waals surface area contributed by atoms with Gasteiger partial charge in [-0.05, 0) is 51.3 Å². The van der Waals surface area contributed by atoms with Gasteiger partial charge in [-0.2, -0.15) is 0 Å². The quantitative estimate of drug-likeness (QED) is 0.871. The van der Waals surface area contributed by atoms with Crippen molar-refractivity contribution in [1.29, 1.82) is 0 Å². The average molecular weight is 378 g/mol. The zero-order chi connectivity index (χ0) is 19.9. The van der Waals surface area contributed by atoms with Crippen LogP contribution >= 0.6 is 0 Å². The molecule has 0 saturated carbocycles. The van der Waals surface area contributed by atoms with Crippen LogP contribution in [0, 0.1) is 13.8 Å². The molecule has 0 unspecified atom stereocenters. The summed E-state index contributed by atoms with van der Waals surface area (Å²) in [6, 6.07) is 10.1. The molecule has 2 heterocycles. The number of benzene rings is 2. The van der Waals surface area contributed by atoms with E-state index < -0.39 is 0 Å². The molecular formula is C23H26N2O3. The monoisotopic (exact) mass is 378 g/mol. The van der Waals surface area contributed by atoms with Gasteiger partial charge in [0.25, 0.3) is 5.91 Å². The van der Waals surface area contributed by atoms with E-state index in [4.69, 9.17) is 9.47 Å². The van der Waals surface area contributed by atoms with Crippen molar-refractivity contribution in [2.75, 3.05) is 6.61 Å². The van der Waals surface area contributed by atoms with E-state index in [0.29, 0.717) is 11.6 Å². The normalized spacial score (nSPS) is 16.5. The number of rotatable bonds is 3.